The average molecular weight is 225 g/mol. The molecule has 14 heavy (non-hydrogen) atoms. The zero-order valence-corrected chi connectivity index (χ0v) is 9.42. The molecular formula is C8H19NO4S. The van der Waals surface area contributed by atoms with Crippen LogP contribution < -0.4 is 5.73 Å². The molecule has 0 saturated carbocycles. The molecule has 0 unspecified atom stereocenters. The molecule has 0 fully saturated rings. The second-order valence-corrected chi connectivity index (χ2v) is 6.42. The fourth-order valence-corrected chi connectivity index (χ4v) is 2.54. The van der Waals surface area contributed by atoms with Crippen molar-refractivity contribution in [3.8, 4) is 0 Å². The summed E-state index contributed by atoms with van der Waals surface area (Å²) in [4.78, 5) is 0. The number of aliphatic hydroxyl groups excluding tert-OH is 2. The molecule has 0 aliphatic carbocycles. The van der Waals surface area contributed by atoms with E-state index in [4.69, 9.17) is 15.9 Å². The van der Waals surface area contributed by atoms with Crippen molar-refractivity contribution in [1.82, 2.24) is 0 Å². The van der Waals surface area contributed by atoms with Gasteiger partial charge in [0.1, 0.15) is 0 Å². The van der Waals surface area contributed by atoms with Gasteiger partial charge >= 0.3 is 0 Å². The van der Waals surface area contributed by atoms with E-state index in [1.54, 1.807) is 13.8 Å². The van der Waals surface area contributed by atoms with E-state index in [1.165, 1.54) is 0 Å². The molecule has 0 aromatic heterocycles. The van der Waals surface area contributed by atoms with Crippen LogP contribution in [0.3, 0.4) is 0 Å². The van der Waals surface area contributed by atoms with Gasteiger partial charge in [-0.2, -0.15) is 0 Å². The molecule has 4 N–H and O–H groups in total. The van der Waals surface area contributed by atoms with Crippen molar-refractivity contribution >= 4 is 9.84 Å². The second-order valence-electron chi connectivity index (χ2n) is 4.19. The Morgan fingerprint density at radius 3 is 2.29 bits per heavy atom. The van der Waals surface area contributed by atoms with E-state index in [0.29, 0.717) is 6.42 Å². The SMILES string of the molecule is CC(C)(N)CCS(=O)(=O)C[C@H](O)CO. The first-order valence-corrected chi connectivity index (χ1v) is 6.27. The Hall–Kier alpha value is -0.170. The zero-order chi connectivity index (χ0) is 11.4. The van der Waals surface area contributed by atoms with E-state index < -0.39 is 33.8 Å². The van der Waals surface area contributed by atoms with Gasteiger partial charge in [-0.05, 0) is 20.3 Å². The minimum atomic E-state index is -3.32. The van der Waals surface area contributed by atoms with Crippen LogP contribution in [0.2, 0.25) is 0 Å². The fraction of sp³-hybridized carbons (Fsp3) is 1.00. The van der Waals surface area contributed by atoms with Gasteiger partial charge in [-0.1, -0.05) is 0 Å². The highest BCUT2D eigenvalue weighted by Crippen LogP contribution is 2.07. The van der Waals surface area contributed by atoms with Gasteiger partial charge in [-0.25, -0.2) is 8.42 Å². The predicted octanol–water partition coefficient (Wildman–Crippen LogP) is -1.12. The van der Waals surface area contributed by atoms with Gasteiger partial charge in [0.25, 0.3) is 0 Å². The molecule has 0 aromatic carbocycles. The second kappa shape index (κ2) is 5.06. The van der Waals surface area contributed by atoms with Crippen LogP contribution in [0.25, 0.3) is 0 Å². The van der Waals surface area contributed by atoms with Gasteiger partial charge in [-0.15, -0.1) is 0 Å². The first kappa shape index (κ1) is 13.8. The Kier molecular flexibility index (Phi) is 5.00. The lowest BCUT2D eigenvalue weighted by Crippen LogP contribution is -2.35. The summed E-state index contributed by atoms with van der Waals surface area (Å²) in [5.74, 6) is -0.465. The Morgan fingerprint density at radius 2 is 1.93 bits per heavy atom. The largest absolute Gasteiger partial charge is 0.394 e. The van der Waals surface area contributed by atoms with E-state index in [0.717, 1.165) is 0 Å². The monoisotopic (exact) mass is 225 g/mol. The van der Waals surface area contributed by atoms with Crippen LogP contribution in [0, 0.1) is 0 Å². The minimum Gasteiger partial charge on any atom is -0.394 e. The van der Waals surface area contributed by atoms with Crippen molar-refractivity contribution in [2.45, 2.75) is 31.9 Å². The van der Waals surface area contributed by atoms with Gasteiger partial charge in [0.15, 0.2) is 9.84 Å². The van der Waals surface area contributed by atoms with E-state index in [-0.39, 0.29) is 5.75 Å². The van der Waals surface area contributed by atoms with Crippen LogP contribution in [-0.2, 0) is 9.84 Å². The molecule has 0 aliphatic heterocycles. The number of hydrogen-bond acceptors (Lipinski definition) is 5. The maximum Gasteiger partial charge on any atom is 0.153 e. The van der Waals surface area contributed by atoms with Crippen molar-refractivity contribution < 1.29 is 18.6 Å². The smallest absolute Gasteiger partial charge is 0.153 e. The Balaban J connectivity index is 4.10. The standard InChI is InChI=1S/C8H19NO4S/c1-8(2,9)3-4-14(12,13)6-7(11)5-10/h7,10-11H,3-6,9H2,1-2H3/t7-/m1/s1. The van der Waals surface area contributed by atoms with E-state index in [2.05, 4.69) is 0 Å². The first-order chi connectivity index (χ1) is 6.16. The lowest BCUT2D eigenvalue weighted by atomic mass is 10.0. The van der Waals surface area contributed by atoms with Gasteiger partial charge in [0, 0.05) is 5.54 Å². The van der Waals surface area contributed by atoms with Crippen LogP contribution in [0.1, 0.15) is 20.3 Å². The molecule has 0 saturated heterocycles. The normalized spacial score (nSPS) is 15.5. The Bertz CT molecular complexity index is 255. The van der Waals surface area contributed by atoms with Gasteiger partial charge < -0.3 is 15.9 Å². The maximum atomic E-state index is 11.3. The third-order valence-electron chi connectivity index (χ3n) is 1.71. The van der Waals surface area contributed by atoms with Crippen molar-refractivity contribution in [2.24, 2.45) is 5.73 Å². The first-order valence-electron chi connectivity index (χ1n) is 4.44. The summed E-state index contributed by atoms with van der Waals surface area (Å²) in [6, 6.07) is 0. The summed E-state index contributed by atoms with van der Waals surface area (Å²) in [5.41, 5.74) is 5.10. The highest BCUT2D eigenvalue weighted by atomic mass is 32.2. The zero-order valence-electron chi connectivity index (χ0n) is 8.60. The van der Waals surface area contributed by atoms with Crippen LogP contribution >= 0.6 is 0 Å². The summed E-state index contributed by atoms with van der Waals surface area (Å²) in [6.45, 7) is 2.95. The Morgan fingerprint density at radius 1 is 1.43 bits per heavy atom. The summed E-state index contributed by atoms with van der Waals surface area (Å²) in [7, 11) is -3.32. The fourth-order valence-electron chi connectivity index (χ4n) is 0.848. The molecular weight excluding hydrogens is 206 g/mol. The van der Waals surface area contributed by atoms with Crippen molar-refractivity contribution in [3.05, 3.63) is 0 Å². The van der Waals surface area contributed by atoms with E-state index in [1.807, 2.05) is 0 Å². The maximum absolute atomic E-state index is 11.3. The number of rotatable bonds is 6. The van der Waals surface area contributed by atoms with Gasteiger partial charge in [0.05, 0.1) is 24.2 Å². The van der Waals surface area contributed by atoms with Crippen LogP contribution in [0.15, 0.2) is 0 Å². The van der Waals surface area contributed by atoms with Gasteiger partial charge in [0.2, 0.25) is 0 Å². The molecule has 0 spiro atoms. The lowest BCUT2D eigenvalue weighted by molar-refractivity contribution is 0.112. The van der Waals surface area contributed by atoms with E-state index in [9.17, 15) is 8.42 Å². The Labute approximate surface area is 84.8 Å². The topological polar surface area (TPSA) is 101 Å². The molecule has 0 aromatic rings. The lowest BCUT2D eigenvalue weighted by Gasteiger charge is -2.18. The van der Waals surface area contributed by atoms with Crippen molar-refractivity contribution in [3.63, 3.8) is 0 Å². The summed E-state index contributed by atoms with van der Waals surface area (Å²) in [5, 5.41) is 17.4. The van der Waals surface area contributed by atoms with Crippen LogP contribution in [0.5, 0.6) is 0 Å². The number of hydrogen-bond donors (Lipinski definition) is 3. The molecule has 0 aliphatic rings. The predicted molar refractivity (Wildman–Crippen MR) is 54.6 cm³/mol. The summed E-state index contributed by atoms with van der Waals surface area (Å²) < 4.78 is 22.6. The molecule has 5 nitrogen and oxygen atoms in total. The highest BCUT2D eigenvalue weighted by Gasteiger charge is 2.20. The minimum absolute atomic E-state index is 0.0619. The third kappa shape index (κ3) is 7.25. The van der Waals surface area contributed by atoms with Crippen LogP contribution in [0.4, 0.5) is 0 Å². The van der Waals surface area contributed by atoms with Crippen molar-refractivity contribution in [1.29, 1.82) is 0 Å². The molecule has 0 amide bonds. The van der Waals surface area contributed by atoms with Crippen molar-refractivity contribution in [2.75, 3.05) is 18.1 Å². The quantitative estimate of drug-likeness (QED) is 0.531. The average Bonchev–Trinajstić information content (AvgIpc) is 1.99. The molecule has 0 radical (unpaired) electrons. The summed E-state index contributed by atoms with van der Waals surface area (Å²) >= 11 is 0. The number of aliphatic hydroxyl groups is 2. The molecule has 0 bridgehead atoms. The summed E-state index contributed by atoms with van der Waals surface area (Å²) in [6.07, 6.45) is -0.853. The number of nitrogens with two attached hydrogens (primary N) is 1. The highest BCUT2D eigenvalue weighted by molar-refractivity contribution is 7.91. The van der Waals surface area contributed by atoms with E-state index >= 15 is 0 Å². The van der Waals surface area contributed by atoms with Gasteiger partial charge in [-0.3, -0.25) is 0 Å². The van der Waals surface area contributed by atoms with Crippen LogP contribution in [-0.4, -0.2) is 48.4 Å². The molecule has 0 rings (SSSR count). The third-order valence-corrected chi connectivity index (χ3v) is 3.43. The number of sulfone groups is 1. The molecule has 86 valence electrons. The molecule has 6 heteroatoms. The molecule has 1 atom stereocenters. The molecule has 0 heterocycles.